The van der Waals surface area contributed by atoms with Crippen molar-refractivity contribution in [3.63, 3.8) is 0 Å². The van der Waals surface area contributed by atoms with E-state index < -0.39 is 0 Å². The molecule has 1 aromatic carbocycles. The maximum absolute atomic E-state index is 5.87. The molecule has 0 radical (unpaired) electrons. The lowest BCUT2D eigenvalue weighted by atomic mass is 10.0. The molecule has 30 heavy (non-hydrogen) atoms. The zero-order valence-corrected chi connectivity index (χ0v) is 18.2. The number of quaternary nitrogens is 2. The van der Waals surface area contributed by atoms with Gasteiger partial charge >= 0.3 is 0 Å². The second-order valence-corrected chi connectivity index (χ2v) is 9.50. The molecule has 2 aromatic rings. The molecule has 1 aliphatic carbocycles. The summed E-state index contributed by atoms with van der Waals surface area (Å²) in [5, 5.41) is 13.0. The van der Waals surface area contributed by atoms with E-state index in [1.165, 1.54) is 63.0 Å². The van der Waals surface area contributed by atoms with Crippen LogP contribution in [0.25, 0.3) is 0 Å². The van der Waals surface area contributed by atoms with Gasteiger partial charge in [-0.2, -0.15) is 0 Å². The Kier molecular flexibility index (Phi) is 6.11. The largest absolute Gasteiger partial charge is 0.376 e. The lowest BCUT2D eigenvalue weighted by Crippen LogP contribution is -3.29. The van der Waals surface area contributed by atoms with Crippen molar-refractivity contribution in [1.29, 1.82) is 0 Å². The number of hydrogen-bond donors (Lipinski definition) is 2. The summed E-state index contributed by atoms with van der Waals surface area (Å²) < 4.78 is 7.89. The fraction of sp³-hybridized carbons (Fsp3) is 0.696. The molecule has 1 saturated carbocycles. The molecule has 2 saturated heterocycles. The molecule has 0 spiro atoms. The maximum atomic E-state index is 5.87. The molecule has 5 rings (SSSR count). The van der Waals surface area contributed by atoms with Crippen LogP contribution in [0.1, 0.15) is 61.5 Å². The van der Waals surface area contributed by atoms with Crippen molar-refractivity contribution in [3.8, 4) is 0 Å². The summed E-state index contributed by atoms with van der Waals surface area (Å²) in [4.78, 5) is 3.43. The van der Waals surface area contributed by atoms with Crippen molar-refractivity contribution in [2.24, 2.45) is 0 Å². The summed E-state index contributed by atoms with van der Waals surface area (Å²) in [7, 11) is 0. The summed E-state index contributed by atoms with van der Waals surface area (Å²) in [6.07, 6.45) is 8.18. The average molecular weight is 413 g/mol. The third-order valence-corrected chi connectivity index (χ3v) is 7.50. The molecule has 2 atom stereocenters. The van der Waals surface area contributed by atoms with E-state index in [1.807, 2.05) is 9.58 Å². The van der Waals surface area contributed by atoms with E-state index >= 15 is 0 Å². The molecule has 0 unspecified atom stereocenters. The van der Waals surface area contributed by atoms with Crippen LogP contribution in [0.5, 0.6) is 0 Å². The van der Waals surface area contributed by atoms with Gasteiger partial charge in [-0.15, -0.1) is 5.10 Å². The van der Waals surface area contributed by atoms with Crippen LogP contribution in [-0.4, -0.2) is 65.1 Å². The van der Waals surface area contributed by atoms with Crippen LogP contribution < -0.4 is 9.80 Å². The predicted octanol–water partition coefficient (Wildman–Crippen LogP) is -0.0241. The predicted molar refractivity (Wildman–Crippen MR) is 113 cm³/mol. The van der Waals surface area contributed by atoms with Crippen molar-refractivity contribution in [3.05, 3.63) is 41.2 Å². The molecular weight excluding hydrogens is 376 g/mol. The van der Waals surface area contributed by atoms with Gasteiger partial charge in [0.2, 0.25) is 5.82 Å². The first kappa shape index (κ1) is 20.1. The molecule has 2 N–H and O–H groups in total. The second kappa shape index (κ2) is 9.12. The molecule has 0 bridgehead atoms. The SMILES string of the molecule is Cc1ccc([C@H](c2nnnn2C[C@@H]2CCCO2)[NH+]2CC[NH+](C3CCCC3)CC2)cc1. The fourth-order valence-electron chi connectivity index (χ4n) is 5.78. The lowest BCUT2D eigenvalue weighted by molar-refractivity contribution is -1.03. The Morgan fingerprint density at radius 2 is 1.80 bits per heavy atom. The van der Waals surface area contributed by atoms with E-state index in [4.69, 9.17) is 4.74 Å². The van der Waals surface area contributed by atoms with Crippen molar-refractivity contribution < 1.29 is 14.5 Å². The number of nitrogens with one attached hydrogen (secondary N) is 2. The van der Waals surface area contributed by atoms with Gasteiger partial charge in [0.05, 0.1) is 18.7 Å². The van der Waals surface area contributed by atoms with E-state index in [0.29, 0.717) is 0 Å². The second-order valence-electron chi connectivity index (χ2n) is 9.50. The zero-order valence-electron chi connectivity index (χ0n) is 18.2. The Morgan fingerprint density at radius 1 is 1.03 bits per heavy atom. The molecule has 3 aliphatic rings. The Hall–Kier alpha value is -1.83. The number of aromatic nitrogens is 4. The van der Waals surface area contributed by atoms with Gasteiger partial charge in [0, 0.05) is 12.2 Å². The number of benzene rings is 1. The summed E-state index contributed by atoms with van der Waals surface area (Å²) >= 11 is 0. The van der Waals surface area contributed by atoms with Crippen molar-refractivity contribution >= 4 is 0 Å². The molecule has 7 heteroatoms. The number of aryl methyl sites for hydroxylation is 1. The zero-order chi connectivity index (χ0) is 20.3. The molecule has 1 aromatic heterocycles. The lowest BCUT2D eigenvalue weighted by Gasteiger charge is -2.36. The van der Waals surface area contributed by atoms with Crippen LogP contribution in [0.4, 0.5) is 0 Å². The molecule has 2 aliphatic heterocycles. The smallest absolute Gasteiger partial charge is 0.214 e. The van der Waals surface area contributed by atoms with Gasteiger partial charge in [-0.05, 0) is 55.9 Å². The first-order valence-corrected chi connectivity index (χ1v) is 11.9. The van der Waals surface area contributed by atoms with Gasteiger partial charge in [-0.3, -0.25) is 0 Å². The number of hydrogen-bond acceptors (Lipinski definition) is 4. The number of rotatable bonds is 6. The normalized spacial score (nSPS) is 28.8. The Bertz CT molecular complexity index is 801. The van der Waals surface area contributed by atoms with Crippen molar-refractivity contribution in [2.75, 3.05) is 32.8 Å². The molecule has 162 valence electrons. The summed E-state index contributed by atoms with van der Waals surface area (Å²) in [5.74, 6) is 0.994. The number of ether oxygens (including phenoxy) is 1. The molecule has 3 fully saturated rings. The van der Waals surface area contributed by atoms with Gasteiger partial charge in [0.1, 0.15) is 26.2 Å². The van der Waals surface area contributed by atoms with Gasteiger partial charge < -0.3 is 14.5 Å². The van der Waals surface area contributed by atoms with Crippen LogP contribution in [0.2, 0.25) is 0 Å². The monoisotopic (exact) mass is 412 g/mol. The van der Waals surface area contributed by atoms with Crippen molar-refractivity contribution in [1.82, 2.24) is 20.2 Å². The highest BCUT2D eigenvalue weighted by molar-refractivity contribution is 5.26. The van der Waals surface area contributed by atoms with E-state index in [0.717, 1.165) is 37.9 Å². The van der Waals surface area contributed by atoms with E-state index in [1.54, 1.807) is 4.90 Å². The molecule has 0 amide bonds. The topological polar surface area (TPSA) is 61.7 Å². The quantitative estimate of drug-likeness (QED) is 0.700. The van der Waals surface area contributed by atoms with E-state index in [-0.39, 0.29) is 12.1 Å². The fourth-order valence-corrected chi connectivity index (χ4v) is 5.78. The standard InChI is InChI=1S/C23H34N6O/c1-18-8-10-19(11-9-18)22(23-24-25-26-29(23)17-21-7-4-16-30-21)28-14-12-27(13-15-28)20-5-2-3-6-20/h8-11,20-22H,2-7,12-17H2,1H3/p+2/t21-,22+/m0/s1. The van der Waals surface area contributed by atoms with Gasteiger partial charge in [0.15, 0.2) is 6.04 Å². The third kappa shape index (κ3) is 4.29. The van der Waals surface area contributed by atoms with Crippen LogP contribution >= 0.6 is 0 Å². The van der Waals surface area contributed by atoms with Crippen LogP contribution in [-0.2, 0) is 11.3 Å². The summed E-state index contributed by atoms with van der Waals surface area (Å²) in [5.41, 5.74) is 2.62. The first-order chi connectivity index (χ1) is 14.8. The van der Waals surface area contributed by atoms with Crippen molar-refractivity contribution in [2.45, 2.75) is 70.2 Å². The highest BCUT2D eigenvalue weighted by Gasteiger charge is 2.38. The van der Waals surface area contributed by atoms with Gasteiger partial charge in [-0.25, -0.2) is 4.68 Å². The number of nitrogens with zero attached hydrogens (tertiary/aromatic N) is 4. The molecule has 7 nitrogen and oxygen atoms in total. The highest BCUT2D eigenvalue weighted by Crippen LogP contribution is 2.20. The maximum Gasteiger partial charge on any atom is 0.214 e. The first-order valence-electron chi connectivity index (χ1n) is 11.9. The third-order valence-electron chi connectivity index (χ3n) is 7.50. The van der Waals surface area contributed by atoms with Crippen LogP contribution in [0.3, 0.4) is 0 Å². The molecular formula is C23H36N6O+2. The minimum atomic E-state index is 0.187. The summed E-state index contributed by atoms with van der Waals surface area (Å²) in [6.45, 7) is 8.65. The van der Waals surface area contributed by atoms with E-state index in [9.17, 15) is 0 Å². The highest BCUT2D eigenvalue weighted by atomic mass is 16.5. The average Bonchev–Trinajstić information content (AvgIpc) is 3.54. The van der Waals surface area contributed by atoms with E-state index in [2.05, 4.69) is 46.7 Å². The molecule has 3 heterocycles. The number of tetrazole rings is 1. The Morgan fingerprint density at radius 3 is 2.50 bits per heavy atom. The van der Waals surface area contributed by atoms with Crippen LogP contribution in [0, 0.1) is 6.92 Å². The van der Waals surface area contributed by atoms with Crippen LogP contribution in [0.15, 0.2) is 24.3 Å². The number of piperazine rings is 1. The van der Waals surface area contributed by atoms with Gasteiger partial charge in [-0.1, -0.05) is 29.8 Å². The van der Waals surface area contributed by atoms with Gasteiger partial charge in [0.25, 0.3) is 0 Å². The minimum absolute atomic E-state index is 0.187. The summed E-state index contributed by atoms with van der Waals surface area (Å²) in [6, 6.07) is 10.1. The Labute approximate surface area is 179 Å². The Balaban J connectivity index is 1.38. The minimum Gasteiger partial charge on any atom is -0.376 e.